The molecule has 1 aromatic rings. The lowest BCUT2D eigenvalue weighted by Gasteiger charge is -1.85. The minimum absolute atomic E-state index is 0.903. The molecule has 0 amide bonds. The summed E-state index contributed by atoms with van der Waals surface area (Å²) in [5.74, 6) is 0. The summed E-state index contributed by atoms with van der Waals surface area (Å²) in [5, 5.41) is 3.84. The smallest absolute Gasteiger partial charge is 0.137 e. The zero-order valence-corrected chi connectivity index (χ0v) is 8.20. The molecule has 0 spiro atoms. The number of aromatic nitrogens is 3. The summed E-state index contributed by atoms with van der Waals surface area (Å²) in [6, 6.07) is 0. The van der Waals surface area contributed by atoms with Crippen molar-refractivity contribution in [1.29, 1.82) is 0 Å². The van der Waals surface area contributed by atoms with Gasteiger partial charge in [-0.25, -0.2) is 4.98 Å². The third-order valence-electron chi connectivity index (χ3n) is 0.791. The molecule has 0 atom stereocenters. The highest BCUT2D eigenvalue weighted by molar-refractivity contribution is 4.52. The monoisotopic (exact) mass is 157 g/mol. The molecule has 0 aliphatic rings. The van der Waals surface area contributed by atoms with Gasteiger partial charge in [0.15, 0.2) is 0 Å². The quantitative estimate of drug-likeness (QED) is 0.626. The Morgan fingerprint density at radius 3 is 1.91 bits per heavy atom. The van der Waals surface area contributed by atoms with E-state index in [0.717, 1.165) is 6.54 Å². The van der Waals surface area contributed by atoms with Gasteiger partial charge in [0.1, 0.15) is 12.7 Å². The summed E-state index contributed by atoms with van der Waals surface area (Å²) in [6.07, 6.45) is 3.23. The Morgan fingerprint density at radius 1 is 1.18 bits per heavy atom. The third kappa shape index (κ3) is 7.03. The Hall–Kier alpha value is -0.860. The van der Waals surface area contributed by atoms with Crippen molar-refractivity contribution >= 4 is 0 Å². The lowest BCUT2D eigenvalue weighted by molar-refractivity contribution is 0.658. The first-order valence-electron chi connectivity index (χ1n) is 4.26. The van der Waals surface area contributed by atoms with Crippen LogP contribution < -0.4 is 0 Å². The van der Waals surface area contributed by atoms with Crippen LogP contribution in [0.3, 0.4) is 0 Å². The minimum Gasteiger partial charge on any atom is -0.253 e. The van der Waals surface area contributed by atoms with Crippen LogP contribution in [-0.4, -0.2) is 14.8 Å². The Morgan fingerprint density at radius 2 is 1.73 bits per heavy atom. The molecule has 0 radical (unpaired) electrons. The minimum atomic E-state index is 0.903. The molecule has 0 aromatic carbocycles. The Labute approximate surface area is 69.5 Å². The van der Waals surface area contributed by atoms with Crippen LogP contribution >= 0.6 is 0 Å². The van der Waals surface area contributed by atoms with Crippen LogP contribution in [0, 0.1) is 0 Å². The van der Waals surface area contributed by atoms with Crippen molar-refractivity contribution in [2.45, 2.75) is 41.2 Å². The van der Waals surface area contributed by atoms with Crippen LogP contribution in [0.15, 0.2) is 12.7 Å². The molecule has 3 heteroatoms. The fourth-order valence-electron chi connectivity index (χ4n) is 0.396. The molecule has 0 fully saturated rings. The highest BCUT2D eigenvalue weighted by Crippen LogP contribution is 1.74. The maximum Gasteiger partial charge on any atom is 0.137 e. The molecule has 3 nitrogen and oxygen atoms in total. The van der Waals surface area contributed by atoms with Crippen molar-refractivity contribution in [3.63, 3.8) is 0 Å². The van der Waals surface area contributed by atoms with Gasteiger partial charge in [-0.05, 0) is 6.92 Å². The van der Waals surface area contributed by atoms with Gasteiger partial charge in [0, 0.05) is 6.54 Å². The van der Waals surface area contributed by atoms with Gasteiger partial charge in [-0.1, -0.05) is 27.7 Å². The molecule has 11 heavy (non-hydrogen) atoms. The highest BCUT2D eigenvalue weighted by atomic mass is 15.3. The molecule has 0 N–H and O–H groups in total. The summed E-state index contributed by atoms with van der Waals surface area (Å²) in [5.41, 5.74) is 0. The third-order valence-corrected chi connectivity index (χ3v) is 0.791. The second-order valence-electron chi connectivity index (χ2n) is 1.25. The van der Waals surface area contributed by atoms with Gasteiger partial charge in [-0.3, -0.25) is 4.68 Å². The van der Waals surface area contributed by atoms with Crippen molar-refractivity contribution in [1.82, 2.24) is 14.8 Å². The summed E-state index contributed by atoms with van der Waals surface area (Å²) < 4.78 is 1.76. The maximum atomic E-state index is 3.84. The van der Waals surface area contributed by atoms with E-state index in [-0.39, 0.29) is 0 Å². The average molecular weight is 157 g/mol. The van der Waals surface area contributed by atoms with Gasteiger partial charge in [-0.2, -0.15) is 5.10 Å². The van der Waals surface area contributed by atoms with Crippen molar-refractivity contribution in [2.75, 3.05) is 0 Å². The average Bonchev–Trinajstić information content (AvgIpc) is 2.63. The topological polar surface area (TPSA) is 30.7 Å². The zero-order chi connectivity index (χ0) is 9.11. The van der Waals surface area contributed by atoms with Crippen molar-refractivity contribution in [3.8, 4) is 0 Å². The number of aryl methyl sites for hydroxylation is 1. The van der Waals surface area contributed by atoms with Crippen LogP contribution in [0.1, 0.15) is 34.6 Å². The van der Waals surface area contributed by atoms with Gasteiger partial charge in [0.2, 0.25) is 0 Å². The molecule has 0 aliphatic heterocycles. The van der Waals surface area contributed by atoms with E-state index in [9.17, 15) is 0 Å². The predicted octanol–water partition coefficient (Wildman–Crippen LogP) is 2.35. The van der Waals surface area contributed by atoms with Crippen molar-refractivity contribution < 1.29 is 0 Å². The highest BCUT2D eigenvalue weighted by Gasteiger charge is 1.78. The molecule has 0 saturated heterocycles. The SMILES string of the molecule is CC.CC.CCn1cncn1. The van der Waals surface area contributed by atoms with Gasteiger partial charge in [0.05, 0.1) is 0 Å². The molecular formula is C8H19N3. The summed E-state index contributed by atoms with van der Waals surface area (Å²) in [7, 11) is 0. The molecular weight excluding hydrogens is 138 g/mol. The Kier molecular flexibility index (Phi) is 13.8. The second kappa shape index (κ2) is 11.9. The summed E-state index contributed by atoms with van der Waals surface area (Å²) >= 11 is 0. The maximum absolute atomic E-state index is 3.84. The van der Waals surface area contributed by atoms with Crippen molar-refractivity contribution in [2.24, 2.45) is 0 Å². The van der Waals surface area contributed by atoms with E-state index in [1.807, 2.05) is 34.6 Å². The van der Waals surface area contributed by atoms with Crippen LogP contribution in [0.5, 0.6) is 0 Å². The molecule has 0 saturated carbocycles. The molecule has 0 unspecified atom stereocenters. The summed E-state index contributed by atoms with van der Waals surface area (Å²) in [6.45, 7) is 10.9. The van der Waals surface area contributed by atoms with Crippen LogP contribution in [0.4, 0.5) is 0 Å². The van der Waals surface area contributed by atoms with E-state index in [4.69, 9.17) is 0 Å². The summed E-state index contributed by atoms with van der Waals surface area (Å²) in [4.78, 5) is 3.74. The molecule has 1 rings (SSSR count). The van der Waals surface area contributed by atoms with Crippen molar-refractivity contribution in [3.05, 3.63) is 12.7 Å². The first kappa shape index (κ1) is 12.8. The fourth-order valence-corrected chi connectivity index (χ4v) is 0.396. The normalized spacial score (nSPS) is 7.00. The molecule has 1 heterocycles. The zero-order valence-electron chi connectivity index (χ0n) is 8.20. The van der Waals surface area contributed by atoms with Gasteiger partial charge < -0.3 is 0 Å². The number of hydrogen-bond donors (Lipinski definition) is 0. The van der Waals surface area contributed by atoms with Crippen LogP contribution in [-0.2, 0) is 6.54 Å². The standard InChI is InChI=1S/C4H7N3.2C2H6/c1-2-7-4-5-3-6-7;2*1-2/h3-4H,2H2,1H3;2*1-2H3. The Balaban J connectivity index is 0. The van der Waals surface area contributed by atoms with Gasteiger partial charge in [0.25, 0.3) is 0 Å². The first-order chi connectivity index (χ1) is 5.43. The molecule has 0 bridgehead atoms. The first-order valence-corrected chi connectivity index (χ1v) is 4.26. The Bertz CT molecular complexity index is 124. The van der Waals surface area contributed by atoms with E-state index < -0.39 is 0 Å². The number of nitrogens with zero attached hydrogens (tertiary/aromatic N) is 3. The largest absolute Gasteiger partial charge is 0.253 e. The fraction of sp³-hybridized carbons (Fsp3) is 0.750. The van der Waals surface area contributed by atoms with Gasteiger partial charge in [-0.15, -0.1) is 0 Å². The molecule has 1 aromatic heterocycles. The van der Waals surface area contributed by atoms with E-state index in [2.05, 4.69) is 10.1 Å². The number of hydrogen-bond acceptors (Lipinski definition) is 2. The predicted molar refractivity (Wildman–Crippen MR) is 48.4 cm³/mol. The number of rotatable bonds is 1. The van der Waals surface area contributed by atoms with E-state index in [0.29, 0.717) is 0 Å². The second-order valence-corrected chi connectivity index (χ2v) is 1.25. The van der Waals surface area contributed by atoms with Crippen LogP contribution in [0.2, 0.25) is 0 Å². The lowest BCUT2D eigenvalue weighted by Crippen LogP contribution is -1.91. The van der Waals surface area contributed by atoms with Crippen LogP contribution in [0.25, 0.3) is 0 Å². The lowest BCUT2D eigenvalue weighted by atomic mass is 10.8. The van der Waals surface area contributed by atoms with E-state index in [1.54, 1.807) is 11.0 Å². The van der Waals surface area contributed by atoms with Gasteiger partial charge >= 0.3 is 0 Å². The van der Waals surface area contributed by atoms with E-state index in [1.165, 1.54) is 6.33 Å². The van der Waals surface area contributed by atoms with E-state index >= 15 is 0 Å². The molecule has 66 valence electrons. The molecule has 0 aliphatic carbocycles.